The van der Waals surface area contributed by atoms with Gasteiger partial charge in [0.2, 0.25) is 5.91 Å². The van der Waals surface area contributed by atoms with Crippen LogP contribution in [-0.2, 0) is 9.53 Å². The van der Waals surface area contributed by atoms with E-state index in [1.54, 1.807) is 6.07 Å². The van der Waals surface area contributed by atoms with Crippen molar-refractivity contribution in [2.24, 2.45) is 11.1 Å². The highest BCUT2D eigenvalue weighted by molar-refractivity contribution is 5.97. The average Bonchev–Trinajstić information content (AvgIpc) is 2.44. The van der Waals surface area contributed by atoms with Gasteiger partial charge >= 0.3 is 0 Å². The Morgan fingerprint density at radius 2 is 2.05 bits per heavy atom. The van der Waals surface area contributed by atoms with E-state index in [2.05, 4.69) is 5.32 Å². The molecule has 0 saturated carbocycles. The number of carbonyl (C=O) groups is 1. The summed E-state index contributed by atoms with van der Waals surface area (Å²) in [5.74, 6) is -0.0215. The van der Waals surface area contributed by atoms with Crippen molar-refractivity contribution in [3.8, 4) is 5.75 Å². The molecule has 2 rings (SSSR count). The molecule has 1 aromatic carbocycles. The number of benzene rings is 1. The number of hydrogen-bond donors (Lipinski definition) is 3. The Hall–Kier alpha value is -1.59. The van der Waals surface area contributed by atoms with E-state index in [-0.39, 0.29) is 18.2 Å². The minimum Gasteiger partial charge on any atom is -0.505 e. The lowest BCUT2D eigenvalue weighted by atomic mass is 9.79. The van der Waals surface area contributed by atoms with E-state index in [4.69, 9.17) is 10.5 Å². The number of aryl methyl sites for hydroxylation is 2. The zero-order valence-electron chi connectivity index (χ0n) is 12.0. The van der Waals surface area contributed by atoms with E-state index in [0.29, 0.717) is 31.7 Å². The number of amides is 1. The number of hydrogen-bond acceptors (Lipinski definition) is 4. The number of phenolic OH excluding ortho intramolecular Hbond substituents is 1. The molecule has 1 fully saturated rings. The molecule has 20 heavy (non-hydrogen) atoms. The van der Waals surface area contributed by atoms with Crippen LogP contribution in [0.25, 0.3) is 0 Å². The second-order valence-electron chi connectivity index (χ2n) is 5.53. The summed E-state index contributed by atoms with van der Waals surface area (Å²) in [6.07, 6.45) is 1.22. The summed E-state index contributed by atoms with van der Waals surface area (Å²) < 4.78 is 5.30. The van der Waals surface area contributed by atoms with Gasteiger partial charge in [-0.25, -0.2) is 0 Å². The van der Waals surface area contributed by atoms with Gasteiger partial charge in [-0.1, -0.05) is 6.07 Å². The van der Waals surface area contributed by atoms with Gasteiger partial charge in [0.25, 0.3) is 0 Å². The first-order valence-electron chi connectivity index (χ1n) is 6.88. The highest BCUT2D eigenvalue weighted by Crippen LogP contribution is 2.34. The first-order valence-corrected chi connectivity index (χ1v) is 6.88. The first-order chi connectivity index (χ1) is 9.48. The Kier molecular flexibility index (Phi) is 4.30. The van der Waals surface area contributed by atoms with Gasteiger partial charge in [-0.15, -0.1) is 0 Å². The van der Waals surface area contributed by atoms with Crippen LogP contribution in [0, 0.1) is 19.3 Å². The molecular formula is C15H22N2O3. The van der Waals surface area contributed by atoms with Gasteiger partial charge in [0, 0.05) is 19.8 Å². The number of carbonyl (C=O) groups excluding carboxylic acids is 1. The fraction of sp³-hybridized carbons (Fsp3) is 0.533. The van der Waals surface area contributed by atoms with Gasteiger partial charge < -0.3 is 20.9 Å². The van der Waals surface area contributed by atoms with Crippen molar-refractivity contribution in [2.45, 2.75) is 26.7 Å². The van der Waals surface area contributed by atoms with E-state index >= 15 is 0 Å². The Morgan fingerprint density at radius 3 is 2.65 bits per heavy atom. The molecule has 1 aliphatic heterocycles. The molecule has 1 aromatic rings. The second-order valence-corrected chi connectivity index (χ2v) is 5.53. The number of ether oxygens (including phenoxy) is 1. The fourth-order valence-electron chi connectivity index (χ4n) is 2.60. The lowest BCUT2D eigenvalue weighted by Crippen LogP contribution is -2.46. The summed E-state index contributed by atoms with van der Waals surface area (Å²) in [5.41, 5.74) is 7.40. The van der Waals surface area contributed by atoms with Gasteiger partial charge in [-0.3, -0.25) is 4.79 Å². The smallest absolute Gasteiger partial charge is 0.232 e. The predicted octanol–water partition coefficient (Wildman–Crippen LogP) is 1.70. The number of phenols is 1. The standard InChI is InChI=1S/C15H22N2O3/c1-10-7-11(2)13(18)12(8-10)17-14(19)15(9-16)3-5-20-6-4-15/h7-8,18H,3-6,9,16H2,1-2H3,(H,17,19). The second kappa shape index (κ2) is 5.81. The average molecular weight is 278 g/mol. The highest BCUT2D eigenvalue weighted by Gasteiger charge is 2.39. The third-order valence-electron chi connectivity index (χ3n) is 4.02. The van der Waals surface area contributed by atoms with Crippen LogP contribution in [0.4, 0.5) is 5.69 Å². The number of aromatic hydroxyl groups is 1. The Morgan fingerprint density at radius 1 is 1.40 bits per heavy atom. The van der Waals surface area contributed by atoms with Crippen LogP contribution in [0.2, 0.25) is 0 Å². The molecular weight excluding hydrogens is 256 g/mol. The Labute approximate surface area is 119 Å². The quantitative estimate of drug-likeness (QED) is 0.735. The van der Waals surface area contributed by atoms with Crippen LogP contribution < -0.4 is 11.1 Å². The van der Waals surface area contributed by atoms with Crippen LogP contribution in [0.3, 0.4) is 0 Å². The zero-order chi connectivity index (χ0) is 14.8. The molecule has 0 atom stereocenters. The topological polar surface area (TPSA) is 84.6 Å². The maximum Gasteiger partial charge on any atom is 0.232 e. The fourth-order valence-corrected chi connectivity index (χ4v) is 2.60. The summed E-state index contributed by atoms with van der Waals surface area (Å²) in [6, 6.07) is 3.64. The molecule has 0 spiro atoms. The molecule has 5 nitrogen and oxygen atoms in total. The highest BCUT2D eigenvalue weighted by atomic mass is 16.5. The summed E-state index contributed by atoms with van der Waals surface area (Å²) >= 11 is 0. The molecule has 1 heterocycles. The Balaban J connectivity index is 2.22. The summed E-state index contributed by atoms with van der Waals surface area (Å²) in [4.78, 5) is 12.5. The molecule has 4 N–H and O–H groups in total. The first kappa shape index (κ1) is 14.8. The number of anilines is 1. The van der Waals surface area contributed by atoms with Gasteiger partial charge in [0.05, 0.1) is 11.1 Å². The van der Waals surface area contributed by atoms with Gasteiger partial charge in [-0.05, 0) is 43.9 Å². The van der Waals surface area contributed by atoms with E-state index in [1.165, 1.54) is 0 Å². The van der Waals surface area contributed by atoms with E-state index in [9.17, 15) is 9.90 Å². The molecule has 0 aromatic heterocycles. The van der Waals surface area contributed by atoms with Gasteiger partial charge in [0.15, 0.2) is 0 Å². The molecule has 5 heteroatoms. The van der Waals surface area contributed by atoms with Crippen molar-refractivity contribution >= 4 is 11.6 Å². The van der Waals surface area contributed by atoms with E-state index in [0.717, 1.165) is 11.1 Å². The van der Waals surface area contributed by atoms with Crippen molar-refractivity contribution in [1.82, 2.24) is 0 Å². The van der Waals surface area contributed by atoms with Crippen LogP contribution in [-0.4, -0.2) is 30.8 Å². The zero-order valence-corrected chi connectivity index (χ0v) is 12.0. The molecule has 0 aliphatic carbocycles. The summed E-state index contributed by atoms with van der Waals surface area (Å²) in [7, 11) is 0. The minimum atomic E-state index is -0.595. The van der Waals surface area contributed by atoms with Crippen molar-refractivity contribution in [2.75, 3.05) is 25.1 Å². The molecule has 0 radical (unpaired) electrons. The predicted molar refractivity (Wildman–Crippen MR) is 77.8 cm³/mol. The van der Waals surface area contributed by atoms with Crippen molar-refractivity contribution in [3.05, 3.63) is 23.3 Å². The van der Waals surface area contributed by atoms with Crippen molar-refractivity contribution in [3.63, 3.8) is 0 Å². The maximum atomic E-state index is 12.5. The monoisotopic (exact) mass is 278 g/mol. The van der Waals surface area contributed by atoms with Crippen LogP contribution in [0.5, 0.6) is 5.75 Å². The SMILES string of the molecule is Cc1cc(C)c(O)c(NC(=O)C2(CN)CCOCC2)c1. The van der Waals surface area contributed by atoms with Crippen molar-refractivity contribution in [1.29, 1.82) is 0 Å². The summed E-state index contributed by atoms with van der Waals surface area (Å²) in [5, 5.41) is 12.9. The van der Waals surface area contributed by atoms with Crippen LogP contribution in [0.15, 0.2) is 12.1 Å². The molecule has 1 amide bonds. The summed E-state index contributed by atoms with van der Waals surface area (Å²) in [6.45, 7) is 5.11. The van der Waals surface area contributed by atoms with Gasteiger partial charge in [-0.2, -0.15) is 0 Å². The Bertz CT molecular complexity index is 508. The molecule has 0 unspecified atom stereocenters. The van der Waals surface area contributed by atoms with Crippen LogP contribution >= 0.6 is 0 Å². The molecule has 110 valence electrons. The maximum absolute atomic E-state index is 12.5. The van der Waals surface area contributed by atoms with Crippen LogP contribution in [0.1, 0.15) is 24.0 Å². The third-order valence-corrected chi connectivity index (χ3v) is 4.02. The minimum absolute atomic E-state index is 0.114. The third kappa shape index (κ3) is 2.78. The lowest BCUT2D eigenvalue weighted by molar-refractivity contribution is -0.130. The largest absolute Gasteiger partial charge is 0.505 e. The number of nitrogens with two attached hydrogens (primary N) is 1. The normalized spacial score (nSPS) is 17.8. The van der Waals surface area contributed by atoms with Crippen molar-refractivity contribution < 1.29 is 14.6 Å². The molecule has 1 aliphatic rings. The number of nitrogens with one attached hydrogen (secondary N) is 1. The van der Waals surface area contributed by atoms with Gasteiger partial charge in [0.1, 0.15) is 5.75 Å². The number of rotatable bonds is 3. The lowest BCUT2D eigenvalue weighted by Gasteiger charge is -2.34. The van der Waals surface area contributed by atoms with E-state index in [1.807, 2.05) is 19.9 Å². The molecule has 0 bridgehead atoms. The molecule has 1 saturated heterocycles. The van der Waals surface area contributed by atoms with E-state index < -0.39 is 5.41 Å².